The van der Waals surface area contributed by atoms with Gasteiger partial charge in [0.15, 0.2) is 0 Å². The van der Waals surface area contributed by atoms with E-state index in [1.54, 1.807) is 0 Å². The molecule has 292 valence electrons. The van der Waals surface area contributed by atoms with Crippen LogP contribution in [0.2, 0.25) is 0 Å². The number of nitrogens with zero attached hydrogens (tertiary/aromatic N) is 1. The summed E-state index contributed by atoms with van der Waals surface area (Å²) in [5.74, 6) is 0.822. The minimum atomic E-state index is -0.378. The number of amidine groups is 1. The first-order valence-electron chi connectivity index (χ1n) is 21.2. The second-order valence-electron chi connectivity index (χ2n) is 16.3. The Morgan fingerprint density at radius 2 is 1.02 bits per heavy atom. The van der Waals surface area contributed by atoms with E-state index in [2.05, 4.69) is 199 Å². The molecule has 3 heterocycles. The molecule has 13 rings (SSSR count). The van der Waals surface area contributed by atoms with Gasteiger partial charge in [-0.15, -0.1) is 0 Å². The van der Waals surface area contributed by atoms with Crippen LogP contribution in [0.5, 0.6) is 0 Å². The Bertz CT molecular complexity index is 3800. The number of rotatable bonds is 5. The first kappa shape index (κ1) is 34.8. The van der Waals surface area contributed by atoms with Crippen LogP contribution in [0.1, 0.15) is 29.0 Å². The number of furan rings is 2. The zero-order chi connectivity index (χ0) is 40.7. The van der Waals surface area contributed by atoms with Crippen molar-refractivity contribution in [1.29, 1.82) is 0 Å². The second kappa shape index (κ2) is 13.8. The van der Waals surface area contributed by atoms with Gasteiger partial charge in [-0.3, -0.25) is 5.32 Å². The highest BCUT2D eigenvalue weighted by Gasteiger charge is 2.29. The van der Waals surface area contributed by atoms with Gasteiger partial charge in [0.1, 0.15) is 40.5 Å². The third-order valence-electron chi connectivity index (χ3n) is 12.8. The standard InChI is InChI=1S/C57H37N3O2/c1-3-13-36-31-38(25-23-34(36)11-1)39-27-30-51-49(33-39)53-45(18-10-22-52(53)61-51)43-28-29-47(42-16-6-5-15-41(42)43)56-58-55(40-26-24-35-12-2-4-14-37(35)32-40)59-57(60-56)48-20-9-19-46-44-17-7-8-21-50(44)62-54(46)48/h1-33,56-57,60H,(H,58,59). The van der Waals surface area contributed by atoms with Crippen LogP contribution in [0.25, 0.3) is 98.4 Å². The molecule has 0 amide bonds. The highest BCUT2D eigenvalue weighted by Crippen LogP contribution is 2.43. The Labute approximate surface area is 356 Å². The molecule has 1 aliphatic rings. The maximum Gasteiger partial charge on any atom is 0.142 e. The Morgan fingerprint density at radius 3 is 1.85 bits per heavy atom. The summed E-state index contributed by atoms with van der Waals surface area (Å²) in [6.07, 6.45) is -0.680. The highest BCUT2D eigenvalue weighted by molar-refractivity contribution is 6.16. The third-order valence-corrected chi connectivity index (χ3v) is 12.8. The highest BCUT2D eigenvalue weighted by atomic mass is 16.3. The number of nitrogens with one attached hydrogen (secondary N) is 2. The van der Waals surface area contributed by atoms with E-state index >= 15 is 0 Å². The fraction of sp³-hybridized carbons (Fsp3) is 0.0351. The largest absolute Gasteiger partial charge is 0.456 e. The molecule has 10 aromatic carbocycles. The summed E-state index contributed by atoms with van der Waals surface area (Å²) >= 11 is 0. The lowest BCUT2D eigenvalue weighted by Gasteiger charge is -2.33. The molecule has 0 bridgehead atoms. The van der Waals surface area contributed by atoms with Gasteiger partial charge in [-0.2, -0.15) is 0 Å². The molecular weight excluding hydrogens is 759 g/mol. The van der Waals surface area contributed by atoms with Crippen molar-refractivity contribution in [1.82, 2.24) is 10.6 Å². The average molecular weight is 796 g/mol. The molecule has 0 saturated heterocycles. The molecule has 0 spiro atoms. The van der Waals surface area contributed by atoms with Gasteiger partial charge >= 0.3 is 0 Å². The molecule has 0 radical (unpaired) electrons. The Balaban J connectivity index is 0.964. The quantitative estimate of drug-likeness (QED) is 0.182. The molecule has 0 fully saturated rings. The topological polar surface area (TPSA) is 62.7 Å². The summed E-state index contributed by atoms with van der Waals surface area (Å²) < 4.78 is 13.1. The van der Waals surface area contributed by atoms with E-state index in [-0.39, 0.29) is 12.3 Å². The summed E-state index contributed by atoms with van der Waals surface area (Å²) in [5.41, 5.74) is 11.2. The molecular formula is C57H37N3O2. The summed E-state index contributed by atoms with van der Waals surface area (Å²) in [4.78, 5) is 5.47. The maximum atomic E-state index is 6.59. The number of hydrogen-bond donors (Lipinski definition) is 2. The molecule has 2 unspecified atom stereocenters. The molecule has 12 aromatic rings. The van der Waals surface area contributed by atoms with Gasteiger partial charge in [-0.1, -0.05) is 164 Å². The zero-order valence-electron chi connectivity index (χ0n) is 33.5. The van der Waals surface area contributed by atoms with Crippen molar-refractivity contribution in [2.45, 2.75) is 12.3 Å². The molecule has 5 heteroatoms. The first-order chi connectivity index (χ1) is 30.7. The monoisotopic (exact) mass is 795 g/mol. The number of benzene rings is 10. The molecule has 2 aromatic heterocycles. The van der Waals surface area contributed by atoms with E-state index in [0.29, 0.717) is 0 Å². The number of aliphatic imine (C=N–C) groups is 1. The molecule has 0 aliphatic carbocycles. The maximum absolute atomic E-state index is 6.59. The zero-order valence-corrected chi connectivity index (χ0v) is 33.5. The van der Waals surface area contributed by atoms with Crippen LogP contribution in [0, 0.1) is 0 Å². The van der Waals surface area contributed by atoms with E-state index in [1.165, 1.54) is 27.1 Å². The SMILES string of the molecule is c1ccc2cc(C3=NC(c4ccc(-c5cccc6oc7ccc(-c8ccc9ccccc9c8)cc7c56)c5ccccc45)NC(c4cccc5c4oc4ccccc45)N3)ccc2c1. The van der Waals surface area contributed by atoms with Crippen molar-refractivity contribution in [2.75, 3.05) is 0 Å². The van der Waals surface area contributed by atoms with E-state index < -0.39 is 0 Å². The summed E-state index contributed by atoms with van der Waals surface area (Å²) in [6, 6.07) is 71.1. The first-order valence-corrected chi connectivity index (χ1v) is 21.2. The fourth-order valence-corrected chi connectivity index (χ4v) is 9.75. The van der Waals surface area contributed by atoms with Crippen LogP contribution in [0.3, 0.4) is 0 Å². The van der Waals surface area contributed by atoms with Crippen LogP contribution in [0.15, 0.2) is 214 Å². The minimum Gasteiger partial charge on any atom is -0.456 e. The van der Waals surface area contributed by atoms with Crippen molar-refractivity contribution < 1.29 is 8.83 Å². The smallest absolute Gasteiger partial charge is 0.142 e. The normalized spacial score (nSPS) is 15.6. The van der Waals surface area contributed by atoms with Crippen molar-refractivity contribution in [3.8, 4) is 22.3 Å². The van der Waals surface area contributed by atoms with Crippen LogP contribution in [-0.2, 0) is 0 Å². The summed E-state index contributed by atoms with van der Waals surface area (Å²) in [5, 5.41) is 19.2. The van der Waals surface area contributed by atoms with Gasteiger partial charge in [0.2, 0.25) is 0 Å². The van der Waals surface area contributed by atoms with Gasteiger partial charge in [-0.25, -0.2) is 4.99 Å². The minimum absolute atomic E-state index is 0.301. The van der Waals surface area contributed by atoms with Gasteiger partial charge < -0.3 is 14.2 Å². The van der Waals surface area contributed by atoms with Crippen molar-refractivity contribution in [3.63, 3.8) is 0 Å². The lowest BCUT2D eigenvalue weighted by Crippen LogP contribution is -2.45. The summed E-state index contributed by atoms with van der Waals surface area (Å²) in [7, 11) is 0. The van der Waals surface area contributed by atoms with Crippen molar-refractivity contribution in [2.24, 2.45) is 4.99 Å². The van der Waals surface area contributed by atoms with Crippen LogP contribution in [-0.4, -0.2) is 5.84 Å². The van der Waals surface area contributed by atoms with Crippen molar-refractivity contribution >= 4 is 82.0 Å². The number of para-hydroxylation sites is 2. The average Bonchev–Trinajstić information content (AvgIpc) is 3.92. The predicted octanol–water partition coefficient (Wildman–Crippen LogP) is 14.6. The lowest BCUT2D eigenvalue weighted by molar-refractivity contribution is 0.409. The predicted molar refractivity (Wildman–Crippen MR) is 256 cm³/mol. The van der Waals surface area contributed by atoms with E-state index in [9.17, 15) is 0 Å². The van der Waals surface area contributed by atoms with E-state index in [4.69, 9.17) is 13.8 Å². The molecule has 2 atom stereocenters. The van der Waals surface area contributed by atoms with Gasteiger partial charge in [0.05, 0.1) is 0 Å². The molecule has 2 N–H and O–H groups in total. The molecule has 5 nitrogen and oxygen atoms in total. The van der Waals surface area contributed by atoms with Crippen LogP contribution in [0.4, 0.5) is 0 Å². The third kappa shape index (κ3) is 5.56. The van der Waals surface area contributed by atoms with Gasteiger partial charge in [0.25, 0.3) is 0 Å². The van der Waals surface area contributed by atoms with E-state index in [1.807, 2.05) is 12.1 Å². The van der Waals surface area contributed by atoms with Crippen LogP contribution < -0.4 is 10.6 Å². The Morgan fingerprint density at radius 1 is 0.387 bits per heavy atom. The second-order valence-corrected chi connectivity index (χ2v) is 16.3. The van der Waals surface area contributed by atoms with E-state index in [0.717, 1.165) is 93.9 Å². The lowest BCUT2D eigenvalue weighted by atomic mass is 9.91. The molecule has 62 heavy (non-hydrogen) atoms. The number of fused-ring (bicyclic) bond motifs is 9. The Kier molecular flexibility index (Phi) is 7.74. The fourth-order valence-electron chi connectivity index (χ4n) is 9.75. The summed E-state index contributed by atoms with van der Waals surface area (Å²) in [6.45, 7) is 0. The van der Waals surface area contributed by atoms with Gasteiger partial charge in [0, 0.05) is 32.7 Å². The van der Waals surface area contributed by atoms with Crippen molar-refractivity contribution in [3.05, 3.63) is 217 Å². The van der Waals surface area contributed by atoms with Crippen LogP contribution >= 0.6 is 0 Å². The molecule has 0 saturated carbocycles. The molecule has 1 aliphatic heterocycles. The Hall–Kier alpha value is -7.99. The van der Waals surface area contributed by atoms with Gasteiger partial charge in [-0.05, 0) is 96.5 Å². The number of hydrogen-bond acceptors (Lipinski definition) is 5.